The first-order valence-corrected chi connectivity index (χ1v) is 12.7. The normalized spacial score (nSPS) is 12.1. The summed E-state index contributed by atoms with van der Waals surface area (Å²) >= 11 is 0. The van der Waals surface area contributed by atoms with Crippen LogP contribution in [0, 0.1) is 30.7 Å². The zero-order chi connectivity index (χ0) is 27.3. The summed E-state index contributed by atoms with van der Waals surface area (Å²) in [5.41, 5.74) is 3.42. The summed E-state index contributed by atoms with van der Waals surface area (Å²) in [5.74, 6) is 1.80. The van der Waals surface area contributed by atoms with E-state index >= 15 is 0 Å². The van der Waals surface area contributed by atoms with Gasteiger partial charge in [-0.05, 0) is 18.8 Å². The van der Waals surface area contributed by atoms with Crippen molar-refractivity contribution in [2.24, 2.45) is 10.8 Å². The van der Waals surface area contributed by atoms with Gasteiger partial charge in [-0.25, -0.2) is 4.98 Å². The quantitative estimate of drug-likeness (QED) is 0.146. The van der Waals surface area contributed by atoms with Crippen molar-refractivity contribution in [3.05, 3.63) is 65.3 Å². The van der Waals surface area contributed by atoms with Gasteiger partial charge in [-0.2, -0.15) is 17.2 Å². The van der Waals surface area contributed by atoms with E-state index in [0.29, 0.717) is 17.5 Å². The van der Waals surface area contributed by atoms with Crippen molar-refractivity contribution in [3.8, 4) is 11.6 Å². The number of allylic oxidation sites excluding steroid dienone is 2. The fourth-order valence-electron chi connectivity index (χ4n) is 3.36. The Morgan fingerprint density at radius 3 is 2.30 bits per heavy atom. The molecule has 2 aromatic heterocycles. The molecule has 0 aliphatic rings. The maximum atomic E-state index is 11.8. The number of carbonyl (C=O) groups excluding carboxylic acids is 1. The number of carbonyl (C=O) groups is 1. The third kappa shape index (κ3) is 8.55. The Kier molecular flexibility index (Phi) is 11.8. The summed E-state index contributed by atoms with van der Waals surface area (Å²) in [6.07, 6.45) is 6.48. The van der Waals surface area contributed by atoms with Crippen LogP contribution in [0.3, 0.4) is 0 Å². The minimum absolute atomic E-state index is 0. The Balaban J connectivity index is 0.000000384. The summed E-state index contributed by atoms with van der Waals surface area (Å²) in [6.45, 7) is 20.0. The Hall–Kier alpha value is -2.43. The molecule has 1 radical (unpaired) electrons. The maximum Gasteiger partial charge on any atom is 0.228 e. The van der Waals surface area contributed by atoms with Gasteiger partial charge >= 0.3 is 0 Å². The number of hydrogen-bond acceptors (Lipinski definition) is 5. The standard InChI is InChI=1S/C18H18NO2.C13H24O2.Ir/c1-11(2)15-10-20-16-5-6-19-18(17(15)16)21-14-8-12(3)7-13(4)9-14;1-7-12(3,4)10(14)9-11(15)13(5,6)8-2;/h5-8,10-11H,1-4H3;9,14H,7-8H2,1-6H3;/q-1;;/b;10-9-;. The van der Waals surface area contributed by atoms with E-state index in [1.165, 1.54) is 6.08 Å². The molecule has 37 heavy (non-hydrogen) atoms. The Morgan fingerprint density at radius 2 is 1.76 bits per heavy atom. The molecule has 0 aliphatic carbocycles. The minimum Gasteiger partial charge on any atom is -0.512 e. The number of rotatable bonds is 8. The predicted octanol–water partition coefficient (Wildman–Crippen LogP) is 9.03. The van der Waals surface area contributed by atoms with Crippen molar-refractivity contribution < 1.29 is 39.2 Å². The predicted molar refractivity (Wildman–Crippen MR) is 147 cm³/mol. The maximum absolute atomic E-state index is 11.8. The second kappa shape index (κ2) is 13.4. The Bertz CT molecular complexity index is 1200. The molecule has 0 saturated heterocycles. The molecular formula is C31H42IrNO4-. The van der Waals surface area contributed by atoms with E-state index in [4.69, 9.17) is 9.15 Å². The molecular weight excluding hydrogens is 643 g/mol. The van der Waals surface area contributed by atoms with E-state index < -0.39 is 0 Å². The average molecular weight is 685 g/mol. The van der Waals surface area contributed by atoms with Crippen LogP contribution in [-0.2, 0) is 24.9 Å². The first-order valence-electron chi connectivity index (χ1n) is 12.7. The third-order valence-corrected chi connectivity index (χ3v) is 6.83. The van der Waals surface area contributed by atoms with E-state index in [-0.39, 0.29) is 42.5 Å². The molecule has 0 saturated carbocycles. The molecule has 1 aromatic carbocycles. The van der Waals surface area contributed by atoms with Crippen molar-refractivity contribution in [1.29, 1.82) is 0 Å². The summed E-state index contributed by atoms with van der Waals surface area (Å²) in [7, 11) is 0. The number of aryl methyl sites for hydroxylation is 2. The first-order chi connectivity index (χ1) is 16.7. The van der Waals surface area contributed by atoms with E-state index in [2.05, 4.69) is 31.0 Å². The fraction of sp³-hybridized carbons (Fsp3) is 0.484. The molecule has 0 bridgehead atoms. The zero-order valence-corrected chi connectivity index (χ0v) is 26.3. The van der Waals surface area contributed by atoms with E-state index in [1.54, 1.807) is 12.5 Å². The van der Waals surface area contributed by atoms with Gasteiger partial charge < -0.3 is 14.3 Å². The van der Waals surface area contributed by atoms with Gasteiger partial charge in [0.15, 0.2) is 5.78 Å². The number of nitrogens with zero attached hydrogens (tertiary/aromatic N) is 1. The van der Waals surface area contributed by atoms with Crippen LogP contribution in [0.4, 0.5) is 0 Å². The van der Waals surface area contributed by atoms with Crippen LogP contribution >= 0.6 is 0 Å². The van der Waals surface area contributed by atoms with Gasteiger partial charge in [-0.15, -0.1) is 12.1 Å². The Morgan fingerprint density at radius 1 is 1.14 bits per heavy atom. The number of benzene rings is 1. The van der Waals surface area contributed by atoms with Gasteiger partial charge in [0.1, 0.15) is 11.3 Å². The van der Waals surface area contributed by atoms with Gasteiger partial charge in [0.05, 0.1) is 11.6 Å². The van der Waals surface area contributed by atoms with Crippen LogP contribution in [0.25, 0.3) is 11.0 Å². The second-order valence-corrected chi connectivity index (χ2v) is 11.0. The molecule has 205 valence electrons. The van der Waals surface area contributed by atoms with Gasteiger partial charge in [0.2, 0.25) is 5.88 Å². The number of aromatic nitrogens is 1. The van der Waals surface area contributed by atoms with E-state index in [0.717, 1.165) is 40.5 Å². The summed E-state index contributed by atoms with van der Waals surface area (Å²) < 4.78 is 11.6. The van der Waals surface area contributed by atoms with Crippen LogP contribution < -0.4 is 4.74 Å². The van der Waals surface area contributed by atoms with Crippen LogP contribution in [0.1, 0.15) is 90.8 Å². The summed E-state index contributed by atoms with van der Waals surface area (Å²) in [4.78, 5) is 16.2. The van der Waals surface area contributed by atoms with Crippen molar-refractivity contribution in [3.63, 3.8) is 0 Å². The first kappa shape index (κ1) is 32.6. The smallest absolute Gasteiger partial charge is 0.228 e. The number of furan rings is 1. The number of aliphatic hydroxyl groups excluding tert-OH is 1. The van der Waals surface area contributed by atoms with Crippen molar-refractivity contribution in [1.82, 2.24) is 4.98 Å². The van der Waals surface area contributed by atoms with E-state index in [1.807, 2.05) is 67.5 Å². The molecule has 0 fully saturated rings. The topological polar surface area (TPSA) is 72.6 Å². The van der Waals surface area contributed by atoms with Crippen LogP contribution in [0.15, 0.2) is 46.9 Å². The molecule has 1 N–H and O–H groups in total. The van der Waals surface area contributed by atoms with Gasteiger partial charge in [0, 0.05) is 60.6 Å². The third-order valence-electron chi connectivity index (χ3n) is 6.83. The minimum atomic E-state index is -0.377. The van der Waals surface area contributed by atoms with Crippen LogP contribution in [-0.4, -0.2) is 15.9 Å². The average Bonchev–Trinajstić information content (AvgIpc) is 3.24. The van der Waals surface area contributed by atoms with Gasteiger partial charge in [-0.3, -0.25) is 4.79 Å². The fourth-order valence-corrected chi connectivity index (χ4v) is 3.36. The zero-order valence-electron chi connectivity index (χ0n) is 23.9. The van der Waals surface area contributed by atoms with Crippen molar-refractivity contribution in [2.45, 2.75) is 88.0 Å². The number of fused-ring (bicyclic) bond motifs is 1. The molecule has 5 nitrogen and oxygen atoms in total. The SMILES string of the molecule is CCC(C)(C)C(=O)/C=C(\O)C(C)(C)CC.Cc1[c-]c(Oc2nccc3occ(C(C)C)c23)cc(C)c1.[Ir]. The van der Waals surface area contributed by atoms with Gasteiger partial charge in [0.25, 0.3) is 0 Å². The van der Waals surface area contributed by atoms with Crippen molar-refractivity contribution >= 4 is 16.8 Å². The molecule has 0 spiro atoms. The van der Waals surface area contributed by atoms with E-state index in [9.17, 15) is 9.90 Å². The second-order valence-electron chi connectivity index (χ2n) is 11.0. The number of hydrogen-bond donors (Lipinski definition) is 1. The largest absolute Gasteiger partial charge is 0.512 e. The molecule has 0 amide bonds. The Labute approximate surface area is 236 Å². The monoisotopic (exact) mass is 685 g/mol. The van der Waals surface area contributed by atoms with Gasteiger partial charge in [-0.1, -0.05) is 69.2 Å². The molecule has 3 aromatic rings. The molecule has 0 unspecified atom stereocenters. The summed E-state index contributed by atoms with van der Waals surface area (Å²) in [5, 5.41) is 10.8. The number of ketones is 1. The molecule has 0 aliphatic heterocycles. The molecule has 3 rings (SSSR count). The number of ether oxygens (including phenoxy) is 1. The number of pyridine rings is 1. The molecule has 2 heterocycles. The summed E-state index contributed by atoms with van der Waals surface area (Å²) in [6, 6.07) is 9.10. The number of aliphatic hydroxyl groups is 1. The molecule has 0 atom stereocenters. The van der Waals surface area contributed by atoms with Crippen LogP contribution in [0.2, 0.25) is 0 Å². The van der Waals surface area contributed by atoms with Crippen molar-refractivity contribution in [2.75, 3.05) is 0 Å². The molecule has 6 heteroatoms. The van der Waals surface area contributed by atoms with Crippen LogP contribution in [0.5, 0.6) is 11.6 Å².